The fraction of sp³-hybridized carbons (Fsp3) is 0.200. The molecule has 0 saturated carbocycles. The molecule has 2 aromatic carbocycles. The molecule has 0 spiro atoms. The fourth-order valence-corrected chi connectivity index (χ4v) is 2.07. The van der Waals surface area contributed by atoms with Gasteiger partial charge in [-0.15, -0.1) is 0 Å². The zero-order chi connectivity index (χ0) is 15.6. The molecule has 0 fully saturated rings. The predicted octanol–water partition coefficient (Wildman–Crippen LogP) is 5.42. The number of anilines is 1. The zero-order valence-corrected chi connectivity index (χ0v) is 11.8. The molecule has 0 unspecified atom stereocenters. The van der Waals surface area contributed by atoms with Crippen LogP contribution in [0.1, 0.15) is 16.7 Å². The molecule has 112 valence electrons. The third-order valence-electron chi connectivity index (χ3n) is 3.07. The van der Waals surface area contributed by atoms with E-state index in [-0.39, 0.29) is 23.1 Å². The lowest BCUT2D eigenvalue weighted by atomic mass is 10.1. The summed E-state index contributed by atoms with van der Waals surface area (Å²) in [6.07, 6.45) is -4.42. The highest BCUT2D eigenvalue weighted by Gasteiger charge is 2.30. The summed E-state index contributed by atoms with van der Waals surface area (Å²) in [4.78, 5) is 0. The summed E-state index contributed by atoms with van der Waals surface area (Å²) < 4.78 is 51.0. The summed E-state index contributed by atoms with van der Waals surface area (Å²) in [5.74, 6) is -0.353. The number of aryl methyl sites for hydroxylation is 1. The first kappa shape index (κ1) is 15.6. The number of rotatable bonds is 3. The van der Waals surface area contributed by atoms with Crippen LogP contribution in [0.2, 0.25) is 5.02 Å². The molecule has 21 heavy (non-hydrogen) atoms. The summed E-state index contributed by atoms with van der Waals surface area (Å²) in [6, 6.07) is 7.34. The number of benzene rings is 2. The van der Waals surface area contributed by atoms with Crippen molar-refractivity contribution in [1.29, 1.82) is 0 Å². The van der Waals surface area contributed by atoms with Crippen LogP contribution >= 0.6 is 11.6 Å². The van der Waals surface area contributed by atoms with E-state index in [1.165, 1.54) is 18.2 Å². The first-order chi connectivity index (χ1) is 9.77. The summed E-state index contributed by atoms with van der Waals surface area (Å²) in [6.45, 7) is 1.99. The minimum absolute atomic E-state index is 0.190. The summed E-state index contributed by atoms with van der Waals surface area (Å²) in [5.41, 5.74) is 0.913. The van der Waals surface area contributed by atoms with Crippen LogP contribution in [0, 0.1) is 12.7 Å². The van der Waals surface area contributed by atoms with Crippen molar-refractivity contribution >= 4 is 17.3 Å². The van der Waals surface area contributed by atoms with Gasteiger partial charge in [0.15, 0.2) is 0 Å². The molecule has 2 aromatic rings. The van der Waals surface area contributed by atoms with E-state index in [2.05, 4.69) is 5.32 Å². The number of hydrogen-bond donors (Lipinski definition) is 1. The summed E-state index contributed by atoms with van der Waals surface area (Å²) in [7, 11) is 0. The Bertz CT molecular complexity index is 653. The molecule has 0 aliphatic carbocycles. The molecule has 0 aliphatic rings. The lowest BCUT2D eigenvalue weighted by Crippen LogP contribution is -2.07. The maximum absolute atomic E-state index is 13.0. The Morgan fingerprint density at radius 1 is 1.10 bits per heavy atom. The SMILES string of the molecule is Cc1cc(F)ccc1CNc1cc(C(F)(F)F)ccc1Cl. The number of halogens is 5. The van der Waals surface area contributed by atoms with E-state index in [0.29, 0.717) is 5.56 Å². The quantitative estimate of drug-likeness (QED) is 0.745. The molecule has 0 radical (unpaired) electrons. The third-order valence-corrected chi connectivity index (χ3v) is 3.40. The van der Waals surface area contributed by atoms with Gasteiger partial charge in [-0.3, -0.25) is 0 Å². The van der Waals surface area contributed by atoms with Crippen LogP contribution in [0.15, 0.2) is 36.4 Å². The predicted molar refractivity (Wildman–Crippen MR) is 74.9 cm³/mol. The van der Waals surface area contributed by atoms with Crippen LogP contribution in [-0.2, 0) is 12.7 Å². The van der Waals surface area contributed by atoms with E-state index < -0.39 is 11.7 Å². The minimum Gasteiger partial charge on any atom is -0.380 e. The van der Waals surface area contributed by atoms with Crippen LogP contribution < -0.4 is 5.32 Å². The average Bonchev–Trinajstić information content (AvgIpc) is 2.38. The van der Waals surface area contributed by atoms with E-state index in [1.807, 2.05) is 0 Å². The van der Waals surface area contributed by atoms with Gasteiger partial charge in [0.1, 0.15) is 5.82 Å². The maximum Gasteiger partial charge on any atom is 0.416 e. The van der Waals surface area contributed by atoms with Gasteiger partial charge >= 0.3 is 6.18 Å². The lowest BCUT2D eigenvalue weighted by Gasteiger charge is -2.13. The topological polar surface area (TPSA) is 12.0 Å². The Morgan fingerprint density at radius 3 is 2.43 bits per heavy atom. The van der Waals surface area contributed by atoms with Gasteiger partial charge in [-0.05, 0) is 48.4 Å². The maximum atomic E-state index is 13.0. The largest absolute Gasteiger partial charge is 0.416 e. The third kappa shape index (κ3) is 3.88. The molecule has 1 N–H and O–H groups in total. The minimum atomic E-state index is -4.42. The highest BCUT2D eigenvalue weighted by molar-refractivity contribution is 6.33. The Balaban J connectivity index is 2.19. The van der Waals surface area contributed by atoms with Gasteiger partial charge in [0.05, 0.1) is 16.3 Å². The molecule has 0 saturated heterocycles. The van der Waals surface area contributed by atoms with Crippen molar-refractivity contribution in [3.8, 4) is 0 Å². The highest BCUT2D eigenvalue weighted by atomic mass is 35.5. The Kier molecular flexibility index (Phi) is 4.42. The zero-order valence-electron chi connectivity index (χ0n) is 11.1. The van der Waals surface area contributed by atoms with E-state index in [1.54, 1.807) is 13.0 Å². The van der Waals surface area contributed by atoms with E-state index in [0.717, 1.165) is 17.7 Å². The summed E-state index contributed by atoms with van der Waals surface area (Å²) >= 11 is 5.89. The van der Waals surface area contributed by atoms with Crippen molar-refractivity contribution in [2.45, 2.75) is 19.6 Å². The first-order valence-corrected chi connectivity index (χ1v) is 6.51. The van der Waals surface area contributed by atoms with Gasteiger partial charge in [0.2, 0.25) is 0 Å². The van der Waals surface area contributed by atoms with Crippen LogP contribution in [0.3, 0.4) is 0 Å². The lowest BCUT2D eigenvalue weighted by molar-refractivity contribution is -0.137. The van der Waals surface area contributed by atoms with Crippen molar-refractivity contribution in [2.75, 3.05) is 5.32 Å². The van der Waals surface area contributed by atoms with Crippen molar-refractivity contribution in [3.05, 3.63) is 63.9 Å². The second kappa shape index (κ2) is 5.93. The molecule has 0 atom stereocenters. The monoisotopic (exact) mass is 317 g/mol. The second-order valence-corrected chi connectivity index (χ2v) is 5.02. The summed E-state index contributed by atoms with van der Waals surface area (Å²) in [5, 5.41) is 3.04. The van der Waals surface area contributed by atoms with Crippen LogP contribution in [-0.4, -0.2) is 0 Å². The Hall–Kier alpha value is -1.75. The smallest absolute Gasteiger partial charge is 0.380 e. The van der Waals surface area contributed by atoms with Gasteiger partial charge in [-0.25, -0.2) is 4.39 Å². The standard InChI is InChI=1S/C15H12ClF4N/c1-9-6-12(17)4-2-10(9)8-21-14-7-11(15(18,19)20)3-5-13(14)16/h2-7,21H,8H2,1H3. The van der Waals surface area contributed by atoms with Crippen LogP contribution in [0.25, 0.3) is 0 Å². The van der Waals surface area contributed by atoms with E-state index in [4.69, 9.17) is 11.6 Å². The van der Waals surface area contributed by atoms with Crippen LogP contribution in [0.5, 0.6) is 0 Å². The first-order valence-electron chi connectivity index (χ1n) is 6.13. The van der Waals surface area contributed by atoms with E-state index in [9.17, 15) is 17.6 Å². The van der Waals surface area contributed by atoms with Crippen molar-refractivity contribution < 1.29 is 17.6 Å². The fourth-order valence-electron chi connectivity index (χ4n) is 1.89. The average molecular weight is 318 g/mol. The Labute approximate surface area is 124 Å². The number of alkyl halides is 3. The normalized spacial score (nSPS) is 11.5. The molecule has 0 bridgehead atoms. The van der Waals surface area contributed by atoms with Crippen LogP contribution in [0.4, 0.5) is 23.2 Å². The van der Waals surface area contributed by atoms with Crippen molar-refractivity contribution in [2.24, 2.45) is 0 Å². The van der Waals surface area contributed by atoms with E-state index >= 15 is 0 Å². The molecule has 2 rings (SSSR count). The molecule has 6 heteroatoms. The molecule has 0 amide bonds. The molecule has 0 aliphatic heterocycles. The highest BCUT2D eigenvalue weighted by Crippen LogP contribution is 2.34. The Morgan fingerprint density at radius 2 is 1.81 bits per heavy atom. The molecular weight excluding hydrogens is 306 g/mol. The van der Waals surface area contributed by atoms with Crippen molar-refractivity contribution in [1.82, 2.24) is 0 Å². The van der Waals surface area contributed by atoms with Gasteiger partial charge in [-0.1, -0.05) is 17.7 Å². The molecule has 1 nitrogen and oxygen atoms in total. The van der Waals surface area contributed by atoms with Gasteiger partial charge < -0.3 is 5.32 Å². The second-order valence-electron chi connectivity index (χ2n) is 4.62. The molecule has 0 heterocycles. The molecule has 0 aromatic heterocycles. The van der Waals surface area contributed by atoms with Crippen molar-refractivity contribution in [3.63, 3.8) is 0 Å². The van der Waals surface area contributed by atoms with Gasteiger partial charge in [0.25, 0.3) is 0 Å². The molecular formula is C15H12ClF4N. The number of hydrogen-bond acceptors (Lipinski definition) is 1. The number of nitrogens with one attached hydrogen (secondary N) is 1. The van der Waals surface area contributed by atoms with Gasteiger partial charge in [0, 0.05) is 6.54 Å². The van der Waals surface area contributed by atoms with Gasteiger partial charge in [-0.2, -0.15) is 13.2 Å².